The van der Waals surface area contributed by atoms with Gasteiger partial charge >= 0.3 is 5.97 Å². The lowest BCUT2D eigenvalue weighted by atomic mass is 10.1. The number of carbonyl (C=O) groups is 3. The molecule has 1 aromatic carbocycles. The molecule has 0 aromatic heterocycles. The normalized spacial score (nSPS) is 9.90. The second-order valence-corrected chi connectivity index (χ2v) is 4.21. The minimum Gasteiger partial charge on any atom is -0.427 e. The summed E-state index contributed by atoms with van der Waals surface area (Å²) in [5.74, 6) is -0.731. The number of hydrogen-bond acceptors (Lipinski definition) is 5. The molecule has 0 fully saturated rings. The van der Waals surface area contributed by atoms with Crippen molar-refractivity contribution in [3.63, 3.8) is 0 Å². The van der Waals surface area contributed by atoms with Gasteiger partial charge in [-0.1, -0.05) is 12.1 Å². The molecule has 1 aromatic rings. The SMILES string of the molecule is CC(=O)Oc1cccc(CC(=O)CC(=O)NCCO)c1. The largest absolute Gasteiger partial charge is 0.427 e. The van der Waals surface area contributed by atoms with Gasteiger partial charge in [-0.15, -0.1) is 0 Å². The number of ether oxygens (including phenoxy) is 1. The van der Waals surface area contributed by atoms with E-state index in [0.29, 0.717) is 11.3 Å². The van der Waals surface area contributed by atoms with Crippen molar-refractivity contribution in [1.82, 2.24) is 5.32 Å². The Kier molecular flexibility index (Phi) is 6.39. The highest BCUT2D eigenvalue weighted by Gasteiger charge is 2.10. The van der Waals surface area contributed by atoms with Gasteiger partial charge in [0, 0.05) is 19.9 Å². The lowest BCUT2D eigenvalue weighted by molar-refractivity contribution is -0.132. The average molecular weight is 279 g/mol. The maximum atomic E-state index is 11.7. The summed E-state index contributed by atoms with van der Waals surface area (Å²) >= 11 is 0. The third kappa shape index (κ3) is 6.10. The van der Waals surface area contributed by atoms with Crippen LogP contribution in [0.25, 0.3) is 0 Å². The minimum atomic E-state index is -0.433. The molecule has 0 saturated heterocycles. The number of esters is 1. The number of aliphatic hydroxyl groups excluding tert-OH is 1. The van der Waals surface area contributed by atoms with Crippen LogP contribution in [0.5, 0.6) is 5.75 Å². The van der Waals surface area contributed by atoms with Crippen molar-refractivity contribution >= 4 is 17.7 Å². The molecule has 0 aliphatic rings. The number of rotatable bonds is 7. The molecule has 0 aliphatic carbocycles. The monoisotopic (exact) mass is 279 g/mol. The van der Waals surface area contributed by atoms with Crippen LogP contribution in [-0.4, -0.2) is 35.9 Å². The van der Waals surface area contributed by atoms with Crippen molar-refractivity contribution in [3.05, 3.63) is 29.8 Å². The Morgan fingerprint density at radius 3 is 2.70 bits per heavy atom. The fourth-order valence-corrected chi connectivity index (χ4v) is 1.61. The van der Waals surface area contributed by atoms with E-state index >= 15 is 0 Å². The van der Waals surface area contributed by atoms with Crippen LogP contribution in [-0.2, 0) is 20.8 Å². The summed E-state index contributed by atoms with van der Waals surface area (Å²) in [5, 5.41) is 11.0. The molecule has 1 amide bonds. The van der Waals surface area contributed by atoms with Gasteiger partial charge in [0.15, 0.2) is 0 Å². The fraction of sp³-hybridized carbons (Fsp3) is 0.357. The predicted octanol–water partition coefficient (Wildman–Crippen LogP) is 0.222. The molecule has 0 unspecified atom stereocenters. The molecule has 0 heterocycles. The van der Waals surface area contributed by atoms with E-state index in [-0.39, 0.29) is 31.8 Å². The Balaban J connectivity index is 2.53. The zero-order chi connectivity index (χ0) is 15.0. The van der Waals surface area contributed by atoms with E-state index in [0.717, 1.165) is 0 Å². The lowest BCUT2D eigenvalue weighted by Gasteiger charge is -2.05. The van der Waals surface area contributed by atoms with Gasteiger partial charge in [-0.05, 0) is 17.7 Å². The third-order valence-electron chi connectivity index (χ3n) is 2.35. The number of carbonyl (C=O) groups excluding carboxylic acids is 3. The minimum absolute atomic E-state index is 0.0850. The van der Waals surface area contributed by atoms with Crippen LogP contribution in [0.3, 0.4) is 0 Å². The zero-order valence-electron chi connectivity index (χ0n) is 11.2. The standard InChI is InChI=1S/C14H17NO5/c1-10(17)20-13-4-2-3-11(8-13)7-12(18)9-14(19)15-5-6-16/h2-4,8,16H,5-7,9H2,1H3,(H,15,19). The number of nitrogens with one attached hydrogen (secondary N) is 1. The van der Waals surface area contributed by atoms with Gasteiger partial charge in [-0.25, -0.2) is 0 Å². The maximum Gasteiger partial charge on any atom is 0.308 e. The van der Waals surface area contributed by atoms with E-state index in [1.54, 1.807) is 24.3 Å². The molecule has 0 radical (unpaired) electrons. The van der Waals surface area contributed by atoms with E-state index in [1.807, 2.05) is 0 Å². The quantitative estimate of drug-likeness (QED) is 0.423. The van der Waals surface area contributed by atoms with Crippen LogP contribution in [0.1, 0.15) is 18.9 Å². The highest BCUT2D eigenvalue weighted by Crippen LogP contribution is 2.14. The van der Waals surface area contributed by atoms with Crippen LogP contribution in [0.2, 0.25) is 0 Å². The van der Waals surface area contributed by atoms with E-state index in [4.69, 9.17) is 9.84 Å². The van der Waals surface area contributed by atoms with Crippen molar-refractivity contribution in [1.29, 1.82) is 0 Å². The summed E-state index contributed by atoms with van der Waals surface area (Å²) in [6, 6.07) is 6.59. The van der Waals surface area contributed by atoms with Crippen molar-refractivity contribution in [3.8, 4) is 5.75 Å². The van der Waals surface area contributed by atoms with Crippen LogP contribution in [0.4, 0.5) is 0 Å². The first kappa shape index (κ1) is 15.8. The molecular weight excluding hydrogens is 262 g/mol. The molecule has 0 atom stereocenters. The molecule has 0 bridgehead atoms. The number of hydrogen-bond donors (Lipinski definition) is 2. The van der Waals surface area contributed by atoms with Crippen molar-refractivity contribution in [2.45, 2.75) is 19.8 Å². The van der Waals surface area contributed by atoms with E-state index in [9.17, 15) is 14.4 Å². The molecule has 6 nitrogen and oxygen atoms in total. The zero-order valence-corrected chi connectivity index (χ0v) is 11.2. The molecular formula is C14H17NO5. The maximum absolute atomic E-state index is 11.7. The van der Waals surface area contributed by atoms with Gasteiger partial charge in [-0.2, -0.15) is 0 Å². The molecule has 20 heavy (non-hydrogen) atoms. The third-order valence-corrected chi connectivity index (χ3v) is 2.35. The number of aliphatic hydroxyl groups is 1. The molecule has 108 valence electrons. The molecule has 2 N–H and O–H groups in total. The summed E-state index contributed by atoms with van der Waals surface area (Å²) in [6.45, 7) is 1.27. The Morgan fingerprint density at radius 2 is 2.05 bits per heavy atom. The molecule has 1 rings (SSSR count). The fourth-order valence-electron chi connectivity index (χ4n) is 1.61. The second-order valence-electron chi connectivity index (χ2n) is 4.21. The number of amides is 1. The Hall–Kier alpha value is -2.21. The van der Waals surface area contributed by atoms with Crippen LogP contribution >= 0.6 is 0 Å². The smallest absolute Gasteiger partial charge is 0.308 e. The van der Waals surface area contributed by atoms with Gasteiger partial charge < -0.3 is 15.2 Å². The number of ketones is 1. The summed E-state index contributed by atoms with van der Waals surface area (Å²) in [5.41, 5.74) is 0.670. The number of Topliss-reactive ketones (excluding diaryl/α,β-unsaturated/α-hetero) is 1. The average Bonchev–Trinajstić information content (AvgIpc) is 2.35. The van der Waals surface area contributed by atoms with Crippen molar-refractivity contribution in [2.24, 2.45) is 0 Å². The van der Waals surface area contributed by atoms with Gasteiger partial charge in [0.2, 0.25) is 5.91 Å². The van der Waals surface area contributed by atoms with Crippen molar-refractivity contribution in [2.75, 3.05) is 13.2 Å². The molecule has 0 saturated carbocycles. The van der Waals surface area contributed by atoms with E-state index in [1.165, 1.54) is 6.92 Å². The van der Waals surface area contributed by atoms with Crippen molar-refractivity contribution < 1.29 is 24.2 Å². The summed E-state index contributed by atoms with van der Waals surface area (Å²) in [6.07, 6.45) is -0.153. The Morgan fingerprint density at radius 1 is 1.30 bits per heavy atom. The van der Waals surface area contributed by atoms with Gasteiger partial charge in [0.05, 0.1) is 13.0 Å². The number of benzene rings is 1. The highest BCUT2D eigenvalue weighted by molar-refractivity contribution is 5.98. The van der Waals surface area contributed by atoms with Crippen LogP contribution < -0.4 is 10.1 Å². The summed E-state index contributed by atoms with van der Waals surface area (Å²) < 4.78 is 4.91. The molecule has 0 aliphatic heterocycles. The van der Waals surface area contributed by atoms with Crippen LogP contribution in [0.15, 0.2) is 24.3 Å². The second kappa shape index (κ2) is 8.06. The van der Waals surface area contributed by atoms with Gasteiger partial charge in [0.1, 0.15) is 11.5 Å². The molecule has 0 spiro atoms. The van der Waals surface area contributed by atoms with Crippen LogP contribution in [0, 0.1) is 0 Å². The van der Waals surface area contributed by atoms with Gasteiger partial charge in [0.25, 0.3) is 0 Å². The van der Waals surface area contributed by atoms with Gasteiger partial charge in [-0.3, -0.25) is 14.4 Å². The van der Waals surface area contributed by atoms with E-state index in [2.05, 4.69) is 5.32 Å². The Bertz CT molecular complexity index is 498. The summed E-state index contributed by atoms with van der Waals surface area (Å²) in [4.78, 5) is 33.8. The Labute approximate surface area is 116 Å². The first-order valence-corrected chi connectivity index (χ1v) is 6.18. The first-order valence-electron chi connectivity index (χ1n) is 6.18. The molecule has 6 heteroatoms. The highest BCUT2D eigenvalue weighted by atomic mass is 16.5. The summed E-state index contributed by atoms with van der Waals surface area (Å²) in [7, 11) is 0. The topological polar surface area (TPSA) is 92.7 Å². The van der Waals surface area contributed by atoms with E-state index < -0.39 is 11.9 Å². The predicted molar refractivity (Wildman–Crippen MR) is 71.2 cm³/mol. The lowest BCUT2D eigenvalue weighted by Crippen LogP contribution is -2.28. The first-order chi connectivity index (χ1) is 9.51.